The molecule has 1 aromatic heterocycles. The van der Waals surface area contributed by atoms with Crippen molar-refractivity contribution in [2.75, 3.05) is 0 Å². The highest BCUT2D eigenvalue weighted by Crippen LogP contribution is 1.99. The lowest BCUT2D eigenvalue weighted by Gasteiger charge is -1.97. The molecule has 3 nitrogen and oxygen atoms in total. The first-order valence-corrected chi connectivity index (χ1v) is 4.34. The average molecular weight is 184 g/mol. The van der Waals surface area contributed by atoms with E-state index in [0.29, 0.717) is 11.2 Å². The Morgan fingerprint density at radius 1 is 1.58 bits per heavy atom. The molecule has 0 aliphatic carbocycles. The molecule has 0 fully saturated rings. The molecule has 0 saturated carbocycles. The van der Waals surface area contributed by atoms with Crippen molar-refractivity contribution in [1.29, 1.82) is 0 Å². The molecule has 0 aromatic carbocycles. The second kappa shape index (κ2) is 3.67. The van der Waals surface area contributed by atoms with Gasteiger partial charge in [0.05, 0.1) is 0 Å². The largest absolute Gasteiger partial charge is 0.326 e. The molecule has 0 saturated heterocycles. The Bertz CT molecular complexity index is 337. The van der Waals surface area contributed by atoms with Gasteiger partial charge >= 0.3 is 0 Å². The molecule has 66 valence electrons. The van der Waals surface area contributed by atoms with Crippen molar-refractivity contribution in [3.63, 3.8) is 0 Å². The topological polar surface area (TPSA) is 26.9 Å². The normalized spacial score (nSPS) is 10.2. The molecule has 0 N–H and O–H groups in total. The van der Waals surface area contributed by atoms with Crippen LogP contribution in [0.2, 0.25) is 0 Å². The van der Waals surface area contributed by atoms with Crippen molar-refractivity contribution < 1.29 is 4.79 Å². The number of aromatic nitrogens is 2. The Hall–Kier alpha value is -0.900. The Morgan fingerprint density at radius 3 is 2.67 bits per heavy atom. The third kappa shape index (κ3) is 1.64. The molecule has 0 bridgehead atoms. The molecule has 1 heterocycles. The summed E-state index contributed by atoms with van der Waals surface area (Å²) in [7, 11) is 1.83. The molecule has 0 unspecified atom stereocenters. The lowest BCUT2D eigenvalue weighted by molar-refractivity contribution is 0.0899. The van der Waals surface area contributed by atoms with Gasteiger partial charge in [0, 0.05) is 25.9 Å². The van der Waals surface area contributed by atoms with Crippen LogP contribution in [-0.2, 0) is 7.05 Å². The van der Waals surface area contributed by atoms with Crippen LogP contribution in [0.25, 0.3) is 0 Å². The summed E-state index contributed by atoms with van der Waals surface area (Å²) in [6.45, 7) is 1.98. The molecule has 0 amide bonds. The van der Waals surface area contributed by atoms with Crippen LogP contribution in [0.15, 0.2) is 12.4 Å². The van der Waals surface area contributed by atoms with E-state index >= 15 is 0 Å². The molecule has 0 aliphatic heterocycles. The number of nitrogens with zero attached hydrogens (tertiary/aromatic N) is 2. The van der Waals surface area contributed by atoms with Crippen LogP contribution in [0.3, 0.4) is 0 Å². The third-order valence-electron chi connectivity index (χ3n) is 1.68. The summed E-state index contributed by atoms with van der Waals surface area (Å²) >= 11 is 5.02. The zero-order chi connectivity index (χ0) is 9.14. The van der Waals surface area contributed by atoms with Gasteiger partial charge in [-0.2, -0.15) is 0 Å². The summed E-state index contributed by atoms with van der Waals surface area (Å²) in [5, 5.41) is 0. The maximum Gasteiger partial charge on any atom is 0.232 e. The van der Waals surface area contributed by atoms with E-state index in [4.69, 9.17) is 12.2 Å². The van der Waals surface area contributed by atoms with Crippen molar-refractivity contribution in [3.8, 4) is 0 Å². The summed E-state index contributed by atoms with van der Waals surface area (Å²) in [5.41, 5.74) is 0. The fourth-order valence-electron chi connectivity index (χ4n) is 0.988. The molecule has 1 rings (SSSR count). The van der Waals surface area contributed by atoms with E-state index in [0.717, 1.165) is 6.42 Å². The van der Waals surface area contributed by atoms with Crippen LogP contribution in [0.1, 0.15) is 24.6 Å². The minimum absolute atomic E-state index is 0.0723. The highest BCUT2D eigenvalue weighted by Gasteiger charge is 2.04. The van der Waals surface area contributed by atoms with Gasteiger partial charge in [-0.25, -0.2) is 0 Å². The fourth-order valence-corrected chi connectivity index (χ4v) is 1.21. The van der Waals surface area contributed by atoms with Gasteiger partial charge in [0.15, 0.2) is 4.77 Å². The number of hydrogen-bond acceptors (Lipinski definition) is 2. The van der Waals surface area contributed by atoms with Crippen molar-refractivity contribution in [2.45, 2.75) is 19.8 Å². The second-order valence-corrected chi connectivity index (χ2v) is 3.07. The Morgan fingerprint density at radius 2 is 2.25 bits per heavy atom. The van der Waals surface area contributed by atoms with Gasteiger partial charge in [0.2, 0.25) is 5.91 Å². The van der Waals surface area contributed by atoms with Gasteiger partial charge in [-0.15, -0.1) is 0 Å². The van der Waals surface area contributed by atoms with E-state index in [9.17, 15) is 4.79 Å². The van der Waals surface area contributed by atoms with Gasteiger partial charge in [-0.1, -0.05) is 6.92 Å². The maximum absolute atomic E-state index is 11.4. The molecule has 0 atom stereocenters. The summed E-state index contributed by atoms with van der Waals surface area (Å²) in [6.07, 6.45) is 4.91. The third-order valence-corrected chi connectivity index (χ3v) is 2.16. The zero-order valence-corrected chi connectivity index (χ0v) is 8.10. The number of carbonyl (C=O) groups excluding carboxylic acids is 1. The van der Waals surface area contributed by atoms with Gasteiger partial charge in [-0.3, -0.25) is 9.36 Å². The van der Waals surface area contributed by atoms with E-state index in [1.807, 2.05) is 14.0 Å². The molecular weight excluding hydrogens is 172 g/mol. The van der Waals surface area contributed by atoms with Gasteiger partial charge in [0.1, 0.15) is 0 Å². The molecule has 0 spiro atoms. The van der Waals surface area contributed by atoms with E-state index in [1.54, 1.807) is 17.0 Å². The van der Waals surface area contributed by atoms with Gasteiger partial charge in [-0.05, 0) is 18.6 Å². The zero-order valence-electron chi connectivity index (χ0n) is 7.28. The highest BCUT2D eigenvalue weighted by atomic mass is 32.1. The summed E-state index contributed by atoms with van der Waals surface area (Å²) < 4.78 is 3.83. The highest BCUT2D eigenvalue weighted by molar-refractivity contribution is 7.71. The smallest absolute Gasteiger partial charge is 0.232 e. The maximum atomic E-state index is 11.4. The standard InChI is InChI=1S/C8H12N2OS/c1-3-4-7(11)10-6-5-9(2)8(10)12/h5-6H,3-4H2,1-2H3. The van der Waals surface area contributed by atoms with Crippen molar-refractivity contribution >= 4 is 18.1 Å². The quantitative estimate of drug-likeness (QED) is 0.657. The van der Waals surface area contributed by atoms with E-state index < -0.39 is 0 Å². The van der Waals surface area contributed by atoms with Crippen LogP contribution in [0, 0.1) is 4.77 Å². The van der Waals surface area contributed by atoms with E-state index in [-0.39, 0.29) is 5.91 Å². The molecule has 0 radical (unpaired) electrons. The number of hydrogen-bond donors (Lipinski definition) is 0. The van der Waals surface area contributed by atoms with Gasteiger partial charge < -0.3 is 4.57 Å². The van der Waals surface area contributed by atoms with Crippen LogP contribution in [-0.4, -0.2) is 15.0 Å². The van der Waals surface area contributed by atoms with Crippen LogP contribution in [0.4, 0.5) is 0 Å². The number of carbonyl (C=O) groups is 1. The first-order valence-electron chi connectivity index (χ1n) is 3.94. The Balaban J connectivity index is 2.96. The van der Waals surface area contributed by atoms with Crippen molar-refractivity contribution in [3.05, 3.63) is 17.2 Å². The van der Waals surface area contributed by atoms with E-state index in [1.165, 1.54) is 4.57 Å². The first-order chi connectivity index (χ1) is 5.66. The first kappa shape index (κ1) is 9.19. The number of aryl methyl sites for hydroxylation is 1. The molecule has 1 aromatic rings. The van der Waals surface area contributed by atoms with E-state index in [2.05, 4.69) is 0 Å². The minimum atomic E-state index is 0.0723. The molecule has 4 heteroatoms. The average Bonchev–Trinajstić information content (AvgIpc) is 2.34. The summed E-state index contributed by atoms with van der Waals surface area (Å²) in [6, 6.07) is 0. The molecule has 12 heavy (non-hydrogen) atoms. The SMILES string of the molecule is CCCC(=O)n1ccn(C)c1=S. The number of imidazole rings is 1. The predicted molar refractivity (Wildman–Crippen MR) is 49.8 cm³/mol. The molecular formula is C8H12N2OS. The lowest BCUT2D eigenvalue weighted by atomic mass is 10.3. The van der Waals surface area contributed by atoms with Gasteiger partial charge in [0.25, 0.3) is 0 Å². The summed E-state index contributed by atoms with van der Waals surface area (Å²) in [5.74, 6) is 0.0723. The monoisotopic (exact) mass is 184 g/mol. The fraction of sp³-hybridized carbons (Fsp3) is 0.500. The van der Waals surface area contributed by atoms with Crippen molar-refractivity contribution in [2.24, 2.45) is 7.05 Å². The Kier molecular flexibility index (Phi) is 2.81. The van der Waals surface area contributed by atoms with Crippen LogP contribution in [0.5, 0.6) is 0 Å². The predicted octanol–water partition coefficient (Wildman–Crippen LogP) is 2.00. The van der Waals surface area contributed by atoms with Crippen LogP contribution < -0.4 is 0 Å². The molecule has 0 aliphatic rings. The Labute approximate surface area is 76.6 Å². The van der Waals surface area contributed by atoms with Crippen molar-refractivity contribution in [1.82, 2.24) is 9.13 Å². The van der Waals surface area contributed by atoms with Crippen LogP contribution >= 0.6 is 12.2 Å². The second-order valence-electron chi connectivity index (χ2n) is 2.71. The number of rotatable bonds is 2. The summed E-state index contributed by atoms with van der Waals surface area (Å²) in [4.78, 5) is 11.4. The lowest BCUT2D eigenvalue weighted by Crippen LogP contribution is -2.09. The minimum Gasteiger partial charge on any atom is -0.326 e.